The van der Waals surface area contributed by atoms with E-state index in [4.69, 9.17) is 15.5 Å². The second kappa shape index (κ2) is 9.10. The maximum Gasteiger partial charge on any atom is 0.410 e. The van der Waals surface area contributed by atoms with Gasteiger partial charge in [-0.15, -0.1) is 0 Å². The molecular formula is C30H38N6O2. The molecule has 3 aromatic heterocycles. The van der Waals surface area contributed by atoms with Crippen LogP contribution in [0.4, 0.5) is 10.6 Å². The number of allylic oxidation sites excluding steroid dienone is 2. The van der Waals surface area contributed by atoms with Crippen LogP contribution in [-0.2, 0) is 11.8 Å². The first kappa shape index (κ1) is 24.9. The molecule has 8 nitrogen and oxygen atoms in total. The molecule has 1 saturated heterocycles. The number of aryl methyl sites for hydroxylation is 1. The number of nitrogen functional groups attached to an aromatic ring is 1. The first-order valence-electron chi connectivity index (χ1n) is 13.9. The number of hydrogen-bond donors (Lipinski definition) is 1. The van der Waals surface area contributed by atoms with Gasteiger partial charge in [0.05, 0.1) is 11.1 Å². The number of fused-ring (bicyclic) bond motifs is 1. The van der Waals surface area contributed by atoms with Crippen LogP contribution in [0.25, 0.3) is 27.7 Å². The maximum absolute atomic E-state index is 12.6. The summed E-state index contributed by atoms with van der Waals surface area (Å²) < 4.78 is 7.78. The standard InChI is InChI=1S/C30H38N6O2/c1-29(2,3)38-28(37)36-15-13-30(14-16-36)11-9-20(10-12-30)25-23(21-7-8-22(32-17-21)19-5-6-19)24-26(31)33-18-34-27(24)35(25)4/h7-9,17-19H,5-6,10-16H2,1-4H3,(H2,31,33,34). The minimum atomic E-state index is -0.466. The number of rotatable bonds is 3. The largest absolute Gasteiger partial charge is 0.444 e. The smallest absolute Gasteiger partial charge is 0.410 e. The zero-order valence-electron chi connectivity index (χ0n) is 23.0. The van der Waals surface area contributed by atoms with E-state index in [0.717, 1.165) is 73.0 Å². The number of amides is 1. The van der Waals surface area contributed by atoms with E-state index < -0.39 is 5.60 Å². The third kappa shape index (κ3) is 4.54. The second-order valence-electron chi connectivity index (χ2n) is 12.4. The Morgan fingerprint density at radius 3 is 2.47 bits per heavy atom. The Kier molecular flexibility index (Phi) is 5.96. The molecule has 0 aromatic carbocycles. The number of nitrogens with zero attached hydrogens (tertiary/aromatic N) is 5. The van der Waals surface area contributed by atoms with E-state index >= 15 is 0 Å². The Labute approximate surface area is 224 Å². The van der Waals surface area contributed by atoms with Gasteiger partial charge in [0.25, 0.3) is 0 Å². The summed E-state index contributed by atoms with van der Waals surface area (Å²) in [6.45, 7) is 7.26. The molecule has 8 heteroatoms. The number of piperidine rings is 1. The van der Waals surface area contributed by atoms with Crippen molar-refractivity contribution in [1.82, 2.24) is 24.4 Å². The van der Waals surface area contributed by atoms with Gasteiger partial charge >= 0.3 is 6.09 Å². The second-order valence-corrected chi connectivity index (χ2v) is 12.4. The summed E-state index contributed by atoms with van der Waals surface area (Å²) in [6, 6.07) is 4.35. The predicted octanol–water partition coefficient (Wildman–Crippen LogP) is 6.07. The fraction of sp³-hybridized carbons (Fsp3) is 0.533. The number of carbonyl (C=O) groups excluding carboxylic acids is 1. The van der Waals surface area contributed by atoms with Crippen LogP contribution in [0, 0.1) is 5.41 Å². The lowest BCUT2D eigenvalue weighted by Crippen LogP contribution is -2.45. The van der Waals surface area contributed by atoms with Crippen molar-refractivity contribution in [3.8, 4) is 11.1 Å². The summed E-state index contributed by atoms with van der Waals surface area (Å²) in [4.78, 5) is 28.2. The topological polar surface area (TPSA) is 99.2 Å². The van der Waals surface area contributed by atoms with Gasteiger partial charge in [0.1, 0.15) is 23.4 Å². The molecule has 1 amide bonds. The predicted molar refractivity (Wildman–Crippen MR) is 149 cm³/mol. The molecule has 1 aliphatic heterocycles. The molecular weight excluding hydrogens is 476 g/mol. The van der Waals surface area contributed by atoms with Crippen molar-refractivity contribution in [2.75, 3.05) is 18.8 Å². The Hall–Kier alpha value is -3.42. The molecule has 38 heavy (non-hydrogen) atoms. The SMILES string of the molecule is Cn1c(C2=CCC3(CC2)CCN(C(=O)OC(C)(C)C)CC3)c(-c2ccc(C3CC3)nc2)c2c(N)ncnc21. The van der Waals surface area contributed by atoms with Crippen LogP contribution in [0.1, 0.15) is 83.0 Å². The van der Waals surface area contributed by atoms with Crippen LogP contribution >= 0.6 is 0 Å². The maximum atomic E-state index is 12.6. The molecule has 200 valence electrons. The molecule has 6 rings (SSSR count). The fourth-order valence-electron chi connectivity index (χ4n) is 6.21. The van der Waals surface area contributed by atoms with Gasteiger partial charge in [0.2, 0.25) is 0 Å². The van der Waals surface area contributed by atoms with Crippen molar-refractivity contribution < 1.29 is 9.53 Å². The molecule has 2 aliphatic carbocycles. The Balaban J connectivity index is 1.29. The molecule has 3 aromatic rings. The fourth-order valence-corrected chi connectivity index (χ4v) is 6.21. The van der Waals surface area contributed by atoms with E-state index in [1.54, 1.807) is 6.33 Å². The van der Waals surface area contributed by atoms with Gasteiger partial charge < -0.3 is 19.9 Å². The first-order chi connectivity index (χ1) is 18.1. The highest BCUT2D eigenvalue weighted by Crippen LogP contribution is 2.49. The number of aromatic nitrogens is 4. The molecule has 1 spiro atoms. The van der Waals surface area contributed by atoms with Gasteiger partial charge in [-0.05, 0) is 82.8 Å². The molecule has 3 aliphatic rings. The molecule has 0 bridgehead atoms. The van der Waals surface area contributed by atoms with Gasteiger partial charge in [-0.1, -0.05) is 12.1 Å². The third-order valence-corrected chi connectivity index (χ3v) is 8.55. The van der Waals surface area contributed by atoms with Gasteiger partial charge in [0, 0.05) is 49.1 Å². The zero-order valence-corrected chi connectivity index (χ0v) is 23.0. The number of nitrogens with two attached hydrogens (primary N) is 1. The minimum absolute atomic E-state index is 0.195. The van der Waals surface area contributed by atoms with Crippen LogP contribution in [0.5, 0.6) is 0 Å². The number of anilines is 1. The minimum Gasteiger partial charge on any atom is -0.444 e. The van der Waals surface area contributed by atoms with Crippen LogP contribution in [0.15, 0.2) is 30.7 Å². The van der Waals surface area contributed by atoms with E-state index in [2.05, 4.69) is 39.8 Å². The number of likely N-dealkylation sites (tertiary alicyclic amines) is 1. The van der Waals surface area contributed by atoms with Gasteiger partial charge in [0.15, 0.2) is 0 Å². The molecule has 1 saturated carbocycles. The highest BCUT2D eigenvalue weighted by Gasteiger charge is 2.39. The summed E-state index contributed by atoms with van der Waals surface area (Å²) in [5.41, 5.74) is 12.9. The lowest BCUT2D eigenvalue weighted by molar-refractivity contribution is 0.00896. The summed E-state index contributed by atoms with van der Waals surface area (Å²) >= 11 is 0. The van der Waals surface area contributed by atoms with Crippen molar-refractivity contribution in [2.24, 2.45) is 12.5 Å². The van der Waals surface area contributed by atoms with Crippen molar-refractivity contribution in [1.29, 1.82) is 0 Å². The van der Waals surface area contributed by atoms with Gasteiger partial charge in [-0.3, -0.25) is 4.98 Å². The zero-order chi connectivity index (χ0) is 26.7. The lowest BCUT2D eigenvalue weighted by atomic mass is 9.68. The van der Waals surface area contributed by atoms with E-state index in [1.807, 2.05) is 31.9 Å². The van der Waals surface area contributed by atoms with Gasteiger partial charge in [-0.2, -0.15) is 0 Å². The average Bonchev–Trinajstić information content (AvgIpc) is 3.69. The first-order valence-corrected chi connectivity index (χ1v) is 13.9. The highest BCUT2D eigenvalue weighted by molar-refractivity contribution is 6.05. The molecule has 0 atom stereocenters. The van der Waals surface area contributed by atoms with Crippen molar-refractivity contribution in [3.63, 3.8) is 0 Å². The Morgan fingerprint density at radius 2 is 1.87 bits per heavy atom. The van der Waals surface area contributed by atoms with Crippen molar-refractivity contribution in [2.45, 2.75) is 77.2 Å². The van der Waals surface area contributed by atoms with Crippen molar-refractivity contribution >= 4 is 28.5 Å². The molecule has 2 fully saturated rings. The lowest BCUT2D eigenvalue weighted by Gasteiger charge is -2.43. The van der Waals surface area contributed by atoms with Crippen LogP contribution in [-0.4, -0.2) is 49.2 Å². The highest BCUT2D eigenvalue weighted by atomic mass is 16.6. The molecule has 4 heterocycles. The summed E-state index contributed by atoms with van der Waals surface area (Å²) in [6.07, 6.45) is 13.3. The normalized spacial score (nSPS) is 19.6. The average molecular weight is 515 g/mol. The number of pyridine rings is 1. The molecule has 0 unspecified atom stereocenters. The van der Waals surface area contributed by atoms with E-state index in [9.17, 15) is 4.79 Å². The third-order valence-electron chi connectivity index (χ3n) is 8.55. The van der Waals surface area contributed by atoms with Crippen LogP contribution < -0.4 is 5.73 Å². The Morgan fingerprint density at radius 1 is 1.11 bits per heavy atom. The Bertz CT molecular complexity index is 1400. The molecule has 0 radical (unpaired) electrons. The van der Waals surface area contributed by atoms with E-state index in [0.29, 0.717) is 11.7 Å². The monoisotopic (exact) mass is 514 g/mol. The summed E-state index contributed by atoms with van der Waals surface area (Å²) in [5.74, 6) is 1.11. The van der Waals surface area contributed by atoms with E-state index in [-0.39, 0.29) is 11.5 Å². The van der Waals surface area contributed by atoms with Gasteiger partial charge in [-0.25, -0.2) is 14.8 Å². The summed E-state index contributed by atoms with van der Waals surface area (Å²) in [5, 5.41) is 0.901. The summed E-state index contributed by atoms with van der Waals surface area (Å²) in [7, 11) is 2.07. The number of carbonyl (C=O) groups is 1. The van der Waals surface area contributed by atoms with Crippen LogP contribution in [0.3, 0.4) is 0 Å². The van der Waals surface area contributed by atoms with E-state index in [1.165, 1.54) is 24.1 Å². The van der Waals surface area contributed by atoms with Crippen molar-refractivity contribution in [3.05, 3.63) is 42.1 Å². The number of hydrogen-bond acceptors (Lipinski definition) is 6. The number of ether oxygens (including phenoxy) is 1. The quantitative estimate of drug-likeness (QED) is 0.455. The van der Waals surface area contributed by atoms with Crippen LogP contribution in [0.2, 0.25) is 0 Å². The molecule has 2 N–H and O–H groups in total.